The fourth-order valence-electron chi connectivity index (χ4n) is 1.57. The van der Waals surface area contributed by atoms with E-state index in [1.54, 1.807) is 12.1 Å². The molecule has 1 aromatic rings. The quantitative estimate of drug-likeness (QED) is 0.634. The fourth-order valence-corrected chi connectivity index (χ4v) is 1.57. The first-order valence-electron chi connectivity index (χ1n) is 5.40. The van der Waals surface area contributed by atoms with Gasteiger partial charge in [0.25, 0.3) is 0 Å². The molecule has 0 saturated heterocycles. The Morgan fingerprint density at radius 3 is 2.00 bits per heavy atom. The number of carboxylic acid groups (broad SMARTS) is 2. The maximum Gasteiger partial charge on any atom is 0.317 e. The van der Waals surface area contributed by atoms with Gasteiger partial charge in [-0.2, -0.15) is 0 Å². The Morgan fingerprint density at radius 1 is 1.17 bits per heavy atom. The van der Waals surface area contributed by atoms with Crippen molar-refractivity contribution in [3.63, 3.8) is 0 Å². The minimum atomic E-state index is -1.11. The van der Waals surface area contributed by atoms with Gasteiger partial charge < -0.3 is 15.9 Å². The normalized spacial score (nSPS) is 12.4. The molecule has 0 radical (unpaired) electrons. The summed E-state index contributed by atoms with van der Waals surface area (Å²) < 4.78 is 0. The number of carbonyl (C=O) groups is 2. The molecule has 1 rings (SSSR count). The summed E-state index contributed by atoms with van der Waals surface area (Å²) in [6, 6.07) is 7.21. The van der Waals surface area contributed by atoms with Crippen LogP contribution in [0.3, 0.4) is 0 Å². The molecule has 0 fully saturated rings. The van der Waals surface area contributed by atoms with Gasteiger partial charge in [0.2, 0.25) is 0 Å². The fraction of sp³-hybridized carbons (Fsp3) is 0.333. The summed E-state index contributed by atoms with van der Waals surface area (Å²) in [4.78, 5) is 22.6. The van der Waals surface area contributed by atoms with Crippen LogP contribution in [0.5, 0.6) is 0 Å². The van der Waals surface area contributed by atoms with Crippen LogP contribution in [0.1, 0.15) is 17.3 Å². The Bertz CT molecular complexity index is 414. The van der Waals surface area contributed by atoms with Crippen molar-refractivity contribution in [2.24, 2.45) is 5.73 Å². The molecule has 0 bridgehead atoms. The highest BCUT2D eigenvalue weighted by Gasteiger charge is 2.21. The van der Waals surface area contributed by atoms with Crippen LogP contribution in [-0.2, 0) is 9.59 Å². The van der Waals surface area contributed by atoms with Gasteiger partial charge in [0.15, 0.2) is 0 Å². The van der Waals surface area contributed by atoms with Gasteiger partial charge in [0.1, 0.15) is 0 Å². The number of rotatable bonds is 6. The first kappa shape index (κ1) is 14.1. The van der Waals surface area contributed by atoms with Gasteiger partial charge in [-0.05, 0) is 12.5 Å². The predicted molar refractivity (Wildman–Crippen MR) is 65.0 cm³/mol. The third-order valence-electron chi connectivity index (χ3n) is 2.49. The molecule has 0 aliphatic carbocycles. The lowest BCUT2D eigenvalue weighted by molar-refractivity contribution is -0.142. The molecule has 6 heteroatoms. The largest absolute Gasteiger partial charge is 0.480 e. The molecule has 4 N–H and O–H groups in total. The summed E-state index contributed by atoms with van der Waals surface area (Å²) in [7, 11) is 0. The van der Waals surface area contributed by atoms with E-state index in [-0.39, 0.29) is 0 Å². The van der Waals surface area contributed by atoms with E-state index in [1.807, 2.05) is 19.1 Å². The van der Waals surface area contributed by atoms with Crippen LogP contribution in [-0.4, -0.2) is 40.1 Å². The highest BCUT2D eigenvalue weighted by molar-refractivity contribution is 5.72. The summed E-state index contributed by atoms with van der Waals surface area (Å²) in [5.41, 5.74) is 7.62. The molecule has 1 aromatic carbocycles. The summed E-state index contributed by atoms with van der Waals surface area (Å²) in [5, 5.41) is 17.5. The third-order valence-corrected chi connectivity index (χ3v) is 2.49. The van der Waals surface area contributed by atoms with Crippen molar-refractivity contribution in [3.05, 3.63) is 35.4 Å². The highest BCUT2D eigenvalue weighted by Crippen LogP contribution is 2.15. The average molecular weight is 252 g/mol. The van der Waals surface area contributed by atoms with Crippen LogP contribution in [0.25, 0.3) is 0 Å². The molecule has 1 unspecified atom stereocenters. The molecule has 0 amide bonds. The maximum absolute atomic E-state index is 10.7. The van der Waals surface area contributed by atoms with E-state index < -0.39 is 31.2 Å². The smallest absolute Gasteiger partial charge is 0.317 e. The molecule has 0 saturated carbocycles. The number of hydrogen-bond donors (Lipinski definition) is 3. The van der Waals surface area contributed by atoms with E-state index in [0.717, 1.165) is 5.56 Å². The van der Waals surface area contributed by atoms with E-state index >= 15 is 0 Å². The second-order valence-electron chi connectivity index (χ2n) is 4.05. The van der Waals surface area contributed by atoms with Crippen molar-refractivity contribution < 1.29 is 19.8 Å². The van der Waals surface area contributed by atoms with Crippen molar-refractivity contribution in [1.82, 2.24) is 4.90 Å². The van der Waals surface area contributed by atoms with Crippen LogP contribution in [0.4, 0.5) is 0 Å². The minimum Gasteiger partial charge on any atom is -0.480 e. The van der Waals surface area contributed by atoms with Crippen molar-refractivity contribution in [2.45, 2.75) is 13.1 Å². The van der Waals surface area contributed by atoms with Crippen molar-refractivity contribution in [2.75, 3.05) is 13.1 Å². The Hall–Kier alpha value is -1.92. The first-order chi connectivity index (χ1) is 8.40. The zero-order valence-corrected chi connectivity index (χ0v) is 10.0. The number of aliphatic carboxylic acids is 2. The lowest BCUT2D eigenvalue weighted by atomic mass is 10.1. The molecule has 98 valence electrons. The van der Waals surface area contributed by atoms with Crippen molar-refractivity contribution in [3.8, 4) is 0 Å². The van der Waals surface area contributed by atoms with Crippen LogP contribution in [0.2, 0.25) is 0 Å². The molecule has 1 atom stereocenters. The van der Waals surface area contributed by atoms with E-state index in [9.17, 15) is 9.59 Å². The summed E-state index contributed by atoms with van der Waals surface area (Å²) in [6.45, 7) is 1.09. The monoisotopic (exact) mass is 252 g/mol. The van der Waals surface area contributed by atoms with Crippen LogP contribution < -0.4 is 5.73 Å². The summed E-state index contributed by atoms with van der Waals surface area (Å²) >= 11 is 0. The van der Waals surface area contributed by atoms with Gasteiger partial charge in [-0.25, -0.2) is 0 Å². The van der Waals surface area contributed by atoms with E-state index in [1.165, 1.54) is 4.90 Å². The van der Waals surface area contributed by atoms with Gasteiger partial charge in [-0.1, -0.05) is 29.8 Å². The topological polar surface area (TPSA) is 104 Å². The predicted octanol–water partition coefficient (Wildman–Crippen LogP) is 0.424. The molecular weight excluding hydrogens is 236 g/mol. The SMILES string of the molecule is Cc1ccc(C(N)N(CC(=O)O)CC(=O)O)cc1. The Kier molecular flexibility index (Phi) is 4.82. The van der Waals surface area contributed by atoms with Crippen molar-refractivity contribution in [1.29, 1.82) is 0 Å². The van der Waals surface area contributed by atoms with Crippen molar-refractivity contribution >= 4 is 11.9 Å². The molecule has 0 heterocycles. The van der Waals surface area contributed by atoms with Gasteiger partial charge in [0.05, 0.1) is 19.3 Å². The standard InChI is InChI=1S/C12H16N2O4/c1-8-2-4-9(5-3-8)12(13)14(6-10(15)16)7-11(17)18/h2-5,12H,6-7,13H2,1H3,(H,15,16)(H,17,18). The molecule has 0 aliphatic heterocycles. The third kappa shape index (κ3) is 4.15. The van der Waals surface area contributed by atoms with Gasteiger partial charge in [-0.15, -0.1) is 0 Å². The zero-order chi connectivity index (χ0) is 13.7. The van der Waals surface area contributed by atoms with Crippen LogP contribution in [0.15, 0.2) is 24.3 Å². The molecule has 0 aromatic heterocycles. The van der Waals surface area contributed by atoms with Crippen LogP contribution in [0, 0.1) is 6.92 Å². The second-order valence-corrected chi connectivity index (χ2v) is 4.05. The molecular formula is C12H16N2O4. The molecule has 0 spiro atoms. The zero-order valence-electron chi connectivity index (χ0n) is 10.0. The Morgan fingerprint density at radius 2 is 1.61 bits per heavy atom. The number of hydrogen-bond acceptors (Lipinski definition) is 4. The number of nitrogens with zero attached hydrogens (tertiary/aromatic N) is 1. The lowest BCUT2D eigenvalue weighted by Gasteiger charge is -2.25. The first-order valence-corrected chi connectivity index (χ1v) is 5.40. The Labute approximate surface area is 105 Å². The number of nitrogens with two attached hydrogens (primary N) is 1. The molecule has 0 aliphatic rings. The maximum atomic E-state index is 10.7. The number of carboxylic acids is 2. The molecule has 18 heavy (non-hydrogen) atoms. The molecule has 6 nitrogen and oxygen atoms in total. The van der Waals surface area contributed by atoms with Crippen LogP contribution >= 0.6 is 0 Å². The second kappa shape index (κ2) is 6.13. The lowest BCUT2D eigenvalue weighted by Crippen LogP contribution is -2.41. The average Bonchev–Trinajstić information content (AvgIpc) is 2.27. The highest BCUT2D eigenvalue weighted by atomic mass is 16.4. The van der Waals surface area contributed by atoms with E-state index in [2.05, 4.69) is 0 Å². The summed E-state index contributed by atoms with van der Waals surface area (Å²) in [6.07, 6.45) is -0.752. The van der Waals surface area contributed by atoms with Gasteiger partial charge >= 0.3 is 11.9 Å². The number of aryl methyl sites for hydroxylation is 1. The van der Waals surface area contributed by atoms with Gasteiger partial charge in [-0.3, -0.25) is 14.5 Å². The van der Waals surface area contributed by atoms with Gasteiger partial charge in [0, 0.05) is 0 Å². The minimum absolute atomic E-state index is 0.415. The summed E-state index contributed by atoms with van der Waals surface area (Å²) in [5.74, 6) is -2.22. The van der Waals surface area contributed by atoms with E-state index in [4.69, 9.17) is 15.9 Å². The number of benzene rings is 1. The van der Waals surface area contributed by atoms with E-state index in [0.29, 0.717) is 5.56 Å². The Balaban J connectivity index is 2.86.